The van der Waals surface area contributed by atoms with E-state index in [9.17, 15) is 4.39 Å². The number of H-pyrrole nitrogens is 1. The molecule has 0 aliphatic rings. The molecule has 3 rings (SSSR count). The highest BCUT2D eigenvalue weighted by molar-refractivity contribution is 6.06. The van der Waals surface area contributed by atoms with Crippen LogP contribution in [0.3, 0.4) is 0 Å². The fraction of sp³-hybridized carbons (Fsp3) is 0. The number of nitrogens with zero attached hydrogens (tertiary/aromatic N) is 1. The predicted molar refractivity (Wildman–Crippen MR) is 53.6 cm³/mol. The van der Waals surface area contributed by atoms with E-state index in [2.05, 4.69) is 9.97 Å². The maximum Gasteiger partial charge on any atom is 0.125 e. The number of fused-ring (bicyclic) bond motifs is 3. The van der Waals surface area contributed by atoms with Crippen LogP contribution in [0.2, 0.25) is 0 Å². The van der Waals surface area contributed by atoms with Gasteiger partial charge in [-0.05, 0) is 24.3 Å². The van der Waals surface area contributed by atoms with Crippen LogP contribution in [0.25, 0.3) is 21.8 Å². The predicted octanol–water partition coefficient (Wildman–Crippen LogP) is 2.86. The van der Waals surface area contributed by atoms with Gasteiger partial charge in [-0.15, -0.1) is 0 Å². The summed E-state index contributed by atoms with van der Waals surface area (Å²) in [5.41, 5.74) is 1.75. The SMILES string of the molecule is Fc1ccc2c(c1)[nH]c1cnccc12. The van der Waals surface area contributed by atoms with Crippen LogP contribution in [0.5, 0.6) is 0 Å². The molecule has 0 bridgehead atoms. The van der Waals surface area contributed by atoms with Gasteiger partial charge in [0.2, 0.25) is 0 Å². The number of aromatic amines is 1. The van der Waals surface area contributed by atoms with Gasteiger partial charge in [0.15, 0.2) is 0 Å². The lowest BCUT2D eigenvalue weighted by Crippen LogP contribution is -1.71. The minimum atomic E-state index is -0.225. The van der Waals surface area contributed by atoms with Crippen molar-refractivity contribution in [2.75, 3.05) is 0 Å². The van der Waals surface area contributed by atoms with Gasteiger partial charge in [0.25, 0.3) is 0 Å². The van der Waals surface area contributed by atoms with Crippen molar-refractivity contribution in [3.8, 4) is 0 Å². The highest BCUT2D eigenvalue weighted by atomic mass is 19.1. The molecule has 14 heavy (non-hydrogen) atoms. The van der Waals surface area contributed by atoms with Crippen molar-refractivity contribution in [2.24, 2.45) is 0 Å². The third-order valence-electron chi connectivity index (χ3n) is 2.36. The van der Waals surface area contributed by atoms with Gasteiger partial charge in [-0.25, -0.2) is 4.39 Å². The largest absolute Gasteiger partial charge is 0.353 e. The summed E-state index contributed by atoms with van der Waals surface area (Å²) in [6.07, 6.45) is 3.48. The fourth-order valence-corrected chi connectivity index (χ4v) is 1.73. The number of hydrogen-bond donors (Lipinski definition) is 1. The maximum atomic E-state index is 12.9. The van der Waals surface area contributed by atoms with E-state index in [0.29, 0.717) is 0 Å². The highest BCUT2D eigenvalue weighted by Gasteiger charge is 2.03. The first-order valence-electron chi connectivity index (χ1n) is 4.35. The molecule has 0 aliphatic carbocycles. The molecule has 0 aliphatic heterocycles. The van der Waals surface area contributed by atoms with Gasteiger partial charge in [0.1, 0.15) is 5.82 Å². The first-order valence-corrected chi connectivity index (χ1v) is 4.35. The van der Waals surface area contributed by atoms with Crippen molar-refractivity contribution < 1.29 is 4.39 Å². The molecule has 0 radical (unpaired) electrons. The molecule has 0 atom stereocenters. The van der Waals surface area contributed by atoms with E-state index in [1.54, 1.807) is 18.5 Å². The second kappa shape index (κ2) is 2.54. The van der Waals surface area contributed by atoms with Crippen molar-refractivity contribution in [3.05, 3.63) is 42.5 Å². The second-order valence-corrected chi connectivity index (χ2v) is 3.24. The van der Waals surface area contributed by atoms with Gasteiger partial charge in [-0.2, -0.15) is 0 Å². The van der Waals surface area contributed by atoms with E-state index < -0.39 is 0 Å². The van der Waals surface area contributed by atoms with Gasteiger partial charge in [0.05, 0.1) is 11.7 Å². The number of rotatable bonds is 0. The lowest BCUT2D eigenvalue weighted by atomic mass is 10.2. The Labute approximate surface area is 79.4 Å². The van der Waals surface area contributed by atoms with Crippen LogP contribution >= 0.6 is 0 Å². The average molecular weight is 186 g/mol. The van der Waals surface area contributed by atoms with Crippen molar-refractivity contribution in [3.63, 3.8) is 0 Å². The zero-order valence-electron chi connectivity index (χ0n) is 7.29. The first-order chi connectivity index (χ1) is 6.84. The Hall–Kier alpha value is -1.90. The summed E-state index contributed by atoms with van der Waals surface area (Å²) in [6.45, 7) is 0. The van der Waals surface area contributed by atoms with Crippen molar-refractivity contribution in [1.29, 1.82) is 0 Å². The first kappa shape index (κ1) is 7.50. The van der Waals surface area contributed by atoms with E-state index in [1.165, 1.54) is 12.1 Å². The molecule has 0 fully saturated rings. The lowest BCUT2D eigenvalue weighted by molar-refractivity contribution is 0.629. The molecule has 1 aromatic carbocycles. The van der Waals surface area contributed by atoms with Gasteiger partial charge in [0, 0.05) is 22.5 Å². The summed E-state index contributed by atoms with van der Waals surface area (Å²) < 4.78 is 12.9. The minimum Gasteiger partial charge on any atom is -0.353 e. The molecular formula is C11H7FN2. The lowest BCUT2D eigenvalue weighted by Gasteiger charge is -1.89. The van der Waals surface area contributed by atoms with Crippen LogP contribution in [0.1, 0.15) is 0 Å². The standard InChI is InChI=1S/C11H7FN2/c12-7-1-2-8-9-3-4-13-6-11(9)14-10(8)5-7/h1-6,14H. The van der Waals surface area contributed by atoms with E-state index in [1.807, 2.05) is 6.07 Å². The number of hydrogen-bond acceptors (Lipinski definition) is 1. The van der Waals surface area contributed by atoms with E-state index >= 15 is 0 Å². The smallest absolute Gasteiger partial charge is 0.125 e. The summed E-state index contributed by atoms with van der Waals surface area (Å²) >= 11 is 0. The van der Waals surface area contributed by atoms with Crippen molar-refractivity contribution >= 4 is 21.8 Å². The molecule has 2 aromatic heterocycles. The molecule has 0 amide bonds. The summed E-state index contributed by atoms with van der Waals surface area (Å²) in [7, 11) is 0. The number of halogens is 1. The van der Waals surface area contributed by atoms with Gasteiger partial charge in [-0.1, -0.05) is 0 Å². The van der Waals surface area contributed by atoms with Crippen LogP contribution in [0, 0.1) is 5.82 Å². The zero-order chi connectivity index (χ0) is 9.54. The van der Waals surface area contributed by atoms with E-state index in [-0.39, 0.29) is 5.82 Å². The van der Waals surface area contributed by atoms with Crippen molar-refractivity contribution in [2.45, 2.75) is 0 Å². The van der Waals surface area contributed by atoms with Gasteiger partial charge < -0.3 is 4.98 Å². The van der Waals surface area contributed by atoms with Gasteiger partial charge >= 0.3 is 0 Å². The highest BCUT2D eigenvalue weighted by Crippen LogP contribution is 2.24. The monoisotopic (exact) mass is 186 g/mol. The van der Waals surface area contributed by atoms with Crippen LogP contribution in [0.4, 0.5) is 4.39 Å². The Morgan fingerprint density at radius 1 is 1.07 bits per heavy atom. The normalized spacial score (nSPS) is 11.2. The van der Waals surface area contributed by atoms with Crippen LogP contribution in [-0.2, 0) is 0 Å². The number of nitrogens with one attached hydrogen (secondary N) is 1. The van der Waals surface area contributed by atoms with Crippen LogP contribution in [0.15, 0.2) is 36.7 Å². The zero-order valence-corrected chi connectivity index (χ0v) is 7.29. The minimum absolute atomic E-state index is 0.225. The molecule has 0 unspecified atom stereocenters. The van der Waals surface area contributed by atoms with Crippen LogP contribution < -0.4 is 0 Å². The summed E-state index contributed by atoms with van der Waals surface area (Å²) in [6, 6.07) is 6.67. The quantitative estimate of drug-likeness (QED) is 0.574. The molecule has 2 heterocycles. The Morgan fingerprint density at radius 3 is 2.86 bits per heavy atom. The van der Waals surface area contributed by atoms with E-state index in [0.717, 1.165) is 21.8 Å². The van der Waals surface area contributed by atoms with Gasteiger partial charge in [-0.3, -0.25) is 4.98 Å². The third-order valence-corrected chi connectivity index (χ3v) is 2.36. The Kier molecular flexibility index (Phi) is 1.36. The molecule has 0 spiro atoms. The molecule has 2 nitrogen and oxygen atoms in total. The summed E-state index contributed by atoms with van der Waals surface area (Å²) in [5, 5.41) is 2.11. The maximum absolute atomic E-state index is 12.9. The molecule has 0 saturated heterocycles. The topological polar surface area (TPSA) is 28.7 Å². The Bertz CT molecular complexity index is 613. The summed E-state index contributed by atoms with van der Waals surface area (Å²) in [5.74, 6) is -0.225. The molecule has 3 aromatic rings. The third kappa shape index (κ3) is 0.923. The molecule has 3 heteroatoms. The Morgan fingerprint density at radius 2 is 1.93 bits per heavy atom. The number of pyridine rings is 1. The van der Waals surface area contributed by atoms with Crippen LogP contribution in [-0.4, -0.2) is 9.97 Å². The molecule has 1 N–H and O–H groups in total. The molecular weight excluding hydrogens is 179 g/mol. The Balaban J connectivity index is 2.57. The second-order valence-electron chi connectivity index (χ2n) is 3.24. The number of aromatic nitrogens is 2. The van der Waals surface area contributed by atoms with E-state index in [4.69, 9.17) is 0 Å². The van der Waals surface area contributed by atoms with Crippen molar-refractivity contribution in [1.82, 2.24) is 9.97 Å². The molecule has 0 saturated carbocycles. The average Bonchev–Trinajstić information content (AvgIpc) is 2.54. The fourth-order valence-electron chi connectivity index (χ4n) is 1.73. The number of benzene rings is 1. The molecule has 68 valence electrons. The summed E-state index contributed by atoms with van der Waals surface area (Å²) in [4.78, 5) is 7.12.